The average molecular weight is 470 g/mol. The van der Waals surface area contributed by atoms with E-state index >= 15 is 0 Å². The molecule has 1 aromatic carbocycles. The van der Waals surface area contributed by atoms with Gasteiger partial charge in [-0.1, -0.05) is 0 Å². The number of carbonyl (C=O) groups excluding carboxylic acids is 1. The molecule has 0 saturated carbocycles. The zero-order chi connectivity index (χ0) is 18.5. The van der Waals surface area contributed by atoms with Crippen molar-refractivity contribution in [2.75, 3.05) is 6.54 Å². The Labute approximate surface area is 154 Å². The summed E-state index contributed by atoms with van der Waals surface area (Å²) in [6.07, 6.45) is -0.831. The lowest BCUT2D eigenvalue weighted by molar-refractivity contribution is -0.138. The van der Waals surface area contributed by atoms with Crippen LogP contribution in [0.5, 0.6) is 0 Å². The first-order chi connectivity index (χ1) is 10.9. The summed E-state index contributed by atoms with van der Waals surface area (Å²) in [5, 5.41) is 11.4. The fraction of sp³-hybridized carbons (Fsp3) is 0.429. The molecule has 1 unspecified atom stereocenters. The number of rotatable bonds is 6. The second-order valence-electron chi connectivity index (χ2n) is 5.85. The van der Waals surface area contributed by atoms with Crippen LogP contribution in [0.15, 0.2) is 29.2 Å². The molecule has 8 nitrogen and oxygen atoms in total. The SMILES string of the molecule is CC(C)(C)OC(=O)NCC(NS(=O)(=O)c1ccc(I)cc1)C(=O)O. The number of carbonyl (C=O) groups is 2. The predicted octanol–water partition coefficient (Wildman–Crippen LogP) is 1.55. The fourth-order valence-corrected chi connectivity index (χ4v) is 3.10. The van der Waals surface area contributed by atoms with E-state index in [4.69, 9.17) is 9.84 Å². The molecule has 0 aliphatic rings. The Morgan fingerprint density at radius 1 is 1.25 bits per heavy atom. The second kappa shape index (κ2) is 8.12. The topological polar surface area (TPSA) is 122 Å². The summed E-state index contributed by atoms with van der Waals surface area (Å²) in [6, 6.07) is 4.38. The quantitative estimate of drug-likeness (QED) is 0.543. The number of carboxylic acids is 1. The molecular formula is C14H19IN2O6S. The lowest BCUT2D eigenvalue weighted by Crippen LogP contribution is -2.49. The molecule has 0 spiro atoms. The maximum atomic E-state index is 12.2. The normalized spacial score (nSPS) is 13.2. The Hall–Kier alpha value is -1.40. The van der Waals surface area contributed by atoms with Crippen LogP contribution < -0.4 is 10.0 Å². The highest BCUT2D eigenvalue weighted by Gasteiger charge is 2.26. The minimum atomic E-state index is -4.03. The molecule has 134 valence electrons. The fourth-order valence-electron chi connectivity index (χ4n) is 1.55. The first-order valence-electron chi connectivity index (χ1n) is 6.88. The van der Waals surface area contributed by atoms with Crippen molar-refractivity contribution in [1.29, 1.82) is 0 Å². The van der Waals surface area contributed by atoms with Crippen LogP contribution in [0, 0.1) is 3.57 Å². The van der Waals surface area contributed by atoms with Crippen LogP contribution in [0.1, 0.15) is 20.8 Å². The molecule has 1 atom stereocenters. The molecule has 0 aliphatic carbocycles. The number of halogens is 1. The highest BCUT2D eigenvalue weighted by Crippen LogP contribution is 2.12. The van der Waals surface area contributed by atoms with Crippen molar-refractivity contribution in [2.24, 2.45) is 0 Å². The zero-order valence-electron chi connectivity index (χ0n) is 13.4. The first-order valence-corrected chi connectivity index (χ1v) is 9.44. The van der Waals surface area contributed by atoms with Gasteiger partial charge in [0.05, 0.1) is 4.90 Å². The molecule has 1 amide bonds. The molecule has 0 heterocycles. The van der Waals surface area contributed by atoms with Gasteiger partial charge in [0.15, 0.2) is 0 Å². The van der Waals surface area contributed by atoms with Gasteiger partial charge in [0.1, 0.15) is 11.6 Å². The van der Waals surface area contributed by atoms with Gasteiger partial charge in [-0.2, -0.15) is 4.72 Å². The molecular weight excluding hydrogens is 451 g/mol. The molecule has 0 fully saturated rings. The van der Waals surface area contributed by atoms with Crippen LogP contribution in [0.2, 0.25) is 0 Å². The number of sulfonamides is 1. The van der Waals surface area contributed by atoms with Crippen molar-refractivity contribution in [3.8, 4) is 0 Å². The van der Waals surface area contributed by atoms with Gasteiger partial charge in [-0.3, -0.25) is 4.79 Å². The number of carboxylic acid groups (broad SMARTS) is 1. The van der Waals surface area contributed by atoms with E-state index < -0.39 is 40.3 Å². The van der Waals surface area contributed by atoms with Crippen LogP contribution in [-0.2, 0) is 19.6 Å². The van der Waals surface area contributed by atoms with E-state index in [0.717, 1.165) is 3.57 Å². The predicted molar refractivity (Wildman–Crippen MR) is 95.1 cm³/mol. The van der Waals surface area contributed by atoms with E-state index in [1.54, 1.807) is 32.9 Å². The molecule has 3 N–H and O–H groups in total. The average Bonchev–Trinajstić information content (AvgIpc) is 2.41. The summed E-state index contributed by atoms with van der Waals surface area (Å²) < 4.78 is 32.3. The van der Waals surface area contributed by atoms with Gasteiger partial charge >= 0.3 is 12.1 Å². The molecule has 24 heavy (non-hydrogen) atoms. The van der Waals surface area contributed by atoms with Crippen molar-refractivity contribution in [2.45, 2.75) is 37.3 Å². The Balaban J connectivity index is 2.77. The van der Waals surface area contributed by atoms with Gasteiger partial charge < -0.3 is 15.2 Å². The smallest absolute Gasteiger partial charge is 0.407 e. The zero-order valence-corrected chi connectivity index (χ0v) is 16.3. The van der Waals surface area contributed by atoms with Crippen LogP contribution >= 0.6 is 22.6 Å². The van der Waals surface area contributed by atoms with Gasteiger partial charge in [-0.25, -0.2) is 13.2 Å². The van der Waals surface area contributed by atoms with Crippen molar-refractivity contribution >= 4 is 44.7 Å². The maximum Gasteiger partial charge on any atom is 0.407 e. The van der Waals surface area contributed by atoms with Crippen LogP contribution in [0.3, 0.4) is 0 Å². The third kappa shape index (κ3) is 7.01. The molecule has 1 rings (SSSR count). The maximum absolute atomic E-state index is 12.2. The third-order valence-electron chi connectivity index (χ3n) is 2.57. The molecule has 0 saturated heterocycles. The number of aliphatic carboxylic acids is 1. The lowest BCUT2D eigenvalue weighted by atomic mass is 10.2. The number of hydrogen-bond acceptors (Lipinski definition) is 5. The number of benzene rings is 1. The number of ether oxygens (including phenoxy) is 1. The van der Waals surface area contributed by atoms with Crippen molar-refractivity contribution in [1.82, 2.24) is 10.0 Å². The number of alkyl carbamates (subject to hydrolysis) is 1. The molecule has 10 heteroatoms. The Morgan fingerprint density at radius 3 is 2.25 bits per heavy atom. The monoisotopic (exact) mass is 470 g/mol. The molecule has 1 aromatic rings. The number of hydrogen-bond donors (Lipinski definition) is 3. The van der Waals surface area contributed by atoms with Gasteiger partial charge in [0.25, 0.3) is 0 Å². The Morgan fingerprint density at radius 2 is 1.79 bits per heavy atom. The van der Waals surface area contributed by atoms with Crippen molar-refractivity contribution in [3.63, 3.8) is 0 Å². The van der Waals surface area contributed by atoms with Gasteiger partial charge in [-0.05, 0) is 67.6 Å². The summed E-state index contributed by atoms with van der Waals surface area (Å²) >= 11 is 2.02. The minimum Gasteiger partial charge on any atom is -0.480 e. The molecule has 0 aliphatic heterocycles. The van der Waals surface area contributed by atoms with E-state index in [0.29, 0.717) is 0 Å². The first kappa shape index (κ1) is 20.6. The summed E-state index contributed by atoms with van der Waals surface area (Å²) in [5.74, 6) is -1.42. The van der Waals surface area contributed by atoms with E-state index in [9.17, 15) is 18.0 Å². The summed E-state index contributed by atoms with van der Waals surface area (Å²) in [6.45, 7) is 4.51. The largest absolute Gasteiger partial charge is 0.480 e. The molecule has 0 radical (unpaired) electrons. The second-order valence-corrected chi connectivity index (χ2v) is 8.81. The summed E-state index contributed by atoms with van der Waals surface area (Å²) in [5.41, 5.74) is -0.747. The van der Waals surface area contributed by atoms with E-state index in [-0.39, 0.29) is 4.90 Å². The van der Waals surface area contributed by atoms with Crippen molar-refractivity contribution < 1.29 is 27.9 Å². The van der Waals surface area contributed by atoms with E-state index in [2.05, 4.69) is 5.32 Å². The highest BCUT2D eigenvalue weighted by atomic mass is 127. The Bertz CT molecular complexity index is 697. The van der Waals surface area contributed by atoms with Gasteiger partial charge in [0.2, 0.25) is 10.0 Å². The number of amides is 1. The molecule has 0 bridgehead atoms. The highest BCUT2D eigenvalue weighted by molar-refractivity contribution is 14.1. The van der Waals surface area contributed by atoms with Crippen LogP contribution in [0.25, 0.3) is 0 Å². The van der Waals surface area contributed by atoms with E-state index in [1.165, 1.54) is 12.1 Å². The standard InChI is InChI=1S/C14H19IN2O6S/c1-14(2,3)23-13(20)16-8-11(12(18)19)17-24(21,22)10-6-4-9(15)5-7-10/h4-7,11,17H,8H2,1-3H3,(H,16,20)(H,18,19). The number of nitrogens with one attached hydrogen (secondary N) is 2. The van der Waals surface area contributed by atoms with Crippen LogP contribution in [0.4, 0.5) is 4.79 Å². The summed E-state index contributed by atoms with van der Waals surface area (Å²) in [4.78, 5) is 22.7. The molecule has 0 aromatic heterocycles. The summed E-state index contributed by atoms with van der Waals surface area (Å²) in [7, 11) is -4.03. The van der Waals surface area contributed by atoms with Crippen LogP contribution in [-0.4, -0.2) is 43.8 Å². The minimum absolute atomic E-state index is 0.0635. The lowest BCUT2D eigenvalue weighted by Gasteiger charge is -2.21. The van der Waals surface area contributed by atoms with Gasteiger partial charge in [0, 0.05) is 10.1 Å². The third-order valence-corrected chi connectivity index (χ3v) is 4.78. The van der Waals surface area contributed by atoms with Crippen molar-refractivity contribution in [3.05, 3.63) is 27.8 Å². The van der Waals surface area contributed by atoms with E-state index in [1.807, 2.05) is 27.3 Å². The van der Waals surface area contributed by atoms with Gasteiger partial charge in [-0.15, -0.1) is 0 Å². The Kier molecular flexibility index (Phi) is 6.98.